The van der Waals surface area contributed by atoms with Gasteiger partial charge in [0.1, 0.15) is 5.82 Å². The Morgan fingerprint density at radius 3 is 2.91 bits per heavy atom. The summed E-state index contributed by atoms with van der Waals surface area (Å²) in [5.41, 5.74) is 6.99. The number of amides is 1. The van der Waals surface area contributed by atoms with Crippen LogP contribution in [0.5, 0.6) is 0 Å². The highest BCUT2D eigenvalue weighted by atomic mass is 79.9. The number of benzene rings is 1. The number of nitrogens with zero attached hydrogens (tertiary/aromatic N) is 1. The molecule has 0 aliphatic heterocycles. The number of aromatic amines is 1. The van der Waals surface area contributed by atoms with E-state index in [9.17, 15) is 4.79 Å². The van der Waals surface area contributed by atoms with Gasteiger partial charge in [-0.2, -0.15) is 0 Å². The van der Waals surface area contributed by atoms with Crippen LogP contribution in [-0.2, 0) is 4.74 Å². The zero-order valence-corrected chi connectivity index (χ0v) is 14.8. The molecule has 0 saturated heterocycles. The van der Waals surface area contributed by atoms with E-state index in [1.54, 1.807) is 0 Å². The maximum Gasteiger partial charge on any atom is 0.405 e. The molecule has 124 valence electrons. The summed E-state index contributed by atoms with van der Waals surface area (Å²) in [4.78, 5) is 18.8. The van der Waals surface area contributed by atoms with E-state index in [0.717, 1.165) is 35.0 Å². The number of nitrogens with two attached hydrogens (primary N) is 1. The van der Waals surface area contributed by atoms with Crippen LogP contribution >= 0.6 is 15.9 Å². The highest BCUT2D eigenvalue weighted by molar-refractivity contribution is 9.10. The highest BCUT2D eigenvalue weighted by Crippen LogP contribution is 2.26. The van der Waals surface area contributed by atoms with Crippen molar-refractivity contribution in [3.8, 4) is 11.3 Å². The van der Waals surface area contributed by atoms with E-state index in [0.29, 0.717) is 12.2 Å². The smallest absolute Gasteiger partial charge is 0.405 e. The van der Waals surface area contributed by atoms with Crippen molar-refractivity contribution in [2.45, 2.75) is 45.1 Å². The van der Waals surface area contributed by atoms with Gasteiger partial charge in [-0.15, -0.1) is 0 Å². The van der Waals surface area contributed by atoms with Gasteiger partial charge < -0.3 is 15.5 Å². The number of nitrogens with one attached hydrogen (secondary N) is 1. The van der Waals surface area contributed by atoms with Crippen LogP contribution in [0, 0.1) is 0 Å². The quantitative estimate of drug-likeness (QED) is 0.636. The second-order valence-corrected chi connectivity index (χ2v) is 6.37. The summed E-state index contributed by atoms with van der Waals surface area (Å²) in [6.07, 6.45) is 5.75. The highest BCUT2D eigenvalue weighted by Gasteiger charge is 2.19. The molecule has 0 bridgehead atoms. The molecule has 1 atom stereocenters. The Morgan fingerprint density at radius 2 is 2.22 bits per heavy atom. The lowest BCUT2D eigenvalue weighted by atomic mass is 10.1. The van der Waals surface area contributed by atoms with E-state index < -0.39 is 12.2 Å². The van der Waals surface area contributed by atoms with Gasteiger partial charge in [0.05, 0.1) is 5.69 Å². The van der Waals surface area contributed by atoms with Gasteiger partial charge >= 0.3 is 6.09 Å². The normalized spacial score (nSPS) is 12.1. The maximum atomic E-state index is 11.1. The average molecular weight is 380 g/mol. The average Bonchev–Trinajstić information content (AvgIpc) is 3.00. The van der Waals surface area contributed by atoms with E-state index in [2.05, 4.69) is 32.8 Å². The van der Waals surface area contributed by atoms with Gasteiger partial charge in [-0.25, -0.2) is 9.78 Å². The van der Waals surface area contributed by atoms with Crippen LogP contribution in [0.1, 0.15) is 51.0 Å². The van der Waals surface area contributed by atoms with E-state index in [-0.39, 0.29) is 0 Å². The second-order valence-electron chi connectivity index (χ2n) is 5.46. The number of hydrogen-bond donors (Lipinski definition) is 2. The van der Waals surface area contributed by atoms with Crippen LogP contribution < -0.4 is 5.73 Å². The molecule has 23 heavy (non-hydrogen) atoms. The number of H-pyrrole nitrogens is 1. The molecule has 2 rings (SSSR count). The number of rotatable bonds is 8. The number of carbonyl (C=O) groups is 1. The van der Waals surface area contributed by atoms with Crippen LogP contribution in [0.25, 0.3) is 11.3 Å². The summed E-state index contributed by atoms with van der Waals surface area (Å²) in [5.74, 6) is 0.635. The lowest BCUT2D eigenvalue weighted by Gasteiger charge is -2.14. The number of unbranched alkanes of at least 4 members (excludes halogenated alkanes) is 3. The predicted octanol–water partition coefficient (Wildman–Crippen LogP) is 4.95. The van der Waals surface area contributed by atoms with Gasteiger partial charge in [0.2, 0.25) is 0 Å². The van der Waals surface area contributed by atoms with E-state index in [1.807, 2.05) is 30.5 Å². The molecule has 0 fully saturated rings. The molecule has 0 spiro atoms. The number of primary amides is 1. The zero-order chi connectivity index (χ0) is 16.7. The number of hydrogen-bond acceptors (Lipinski definition) is 3. The minimum absolute atomic E-state index is 0.426. The monoisotopic (exact) mass is 379 g/mol. The van der Waals surface area contributed by atoms with Crippen LogP contribution in [-0.4, -0.2) is 16.1 Å². The summed E-state index contributed by atoms with van der Waals surface area (Å²) < 4.78 is 6.22. The first-order valence-corrected chi connectivity index (χ1v) is 8.66. The van der Waals surface area contributed by atoms with Gasteiger partial charge in [-0.1, -0.05) is 54.2 Å². The molecule has 0 aliphatic carbocycles. The fourth-order valence-electron chi connectivity index (χ4n) is 2.45. The molecular weight excluding hydrogens is 358 g/mol. The topological polar surface area (TPSA) is 81.0 Å². The summed E-state index contributed by atoms with van der Waals surface area (Å²) >= 11 is 3.45. The van der Waals surface area contributed by atoms with Crippen molar-refractivity contribution in [2.75, 3.05) is 0 Å². The molecule has 0 unspecified atom stereocenters. The number of halogens is 1. The molecule has 1 aromatic heterocycles. The van der Waals surface area contributed by atoms with Gasteiger partial charge in [0.25, 0.3) is 0 Å². The van der Waals surface area contributed by atoms with Crippen molar-refractivity contribution in [1.29, 1.82) is 0 Å². The van der Waals surface area contributed by atoms with Crippen LogP contribution in [0.3, 0.4) is 0 Å². The molecule has 1 amide bonds. The lowest BCUT2D eigenvalue weighted by Crippen LogP contribution is -2.18. The van der Waals surface area contributed by atoms with Crippen LogP contribution in [0.2, 0.25) is 0 Å². The molecular formula is C17H22BrN3O2. The van der Waals surface area contributed by atoms with E-state index in [4.69, 9.17) is 10.5 Å². The number of imidazole rings is 1. The largest absolute Gasteiger partial charge is 0.438 e. The molecule has 3 N–H and O–H groups in total. The summed E-state index contributed by atoms with van der Waals surface area (Å²) in [6, 6.07) is 7.89. The van der Waals surface area contributed by atoms with Crippen molar-refractivity contribution >= 4 is 22.0 Å². The Balaban J connectivity index is 2.11. The Kier molecular flexibility index (Phi) is 6.65. The first-order chi connectivity index (χ1) is 11.1. The first-order valence-electron chi connectivity index (χ1n) is 7.87. The lowest BCUT2D eigenvalue weighted by molar-refractivity contribution is 0.0947. The van der Waals surface area contributed by atoms with Crippen LogP contribution in [0.15, 0.2) is 34.9 Å². The molecule has 6 heteroatoms. The molecule has 5 nitrogen and oxygen atoms in total. The Labute approximate surface area is 144 Å². The minimum atomic E-state index is -0.772. The standard InChI is InChI=1S/C17H22BrN3O2/c1-2-3-4-5-9-15(23-17(19)22)16-20-11-14(21-16)12-7-6-8-13(18)10-12/h6-8,10-11,15H,2-5,9H2,1H3,(H2,19,22)(H,20,21)/t15-/m0/s1. The summed E-state index contributed by atoms with van der Waals surface area (Å²) in [7, 11) is 0. The predicted molar refractivity (Wildman–Crippen MR) is 93.9 cm³/mol. The molecule has 1 aromatic carbocycles. The zero-order valence-electron chi connectivity index (χ0n) is 13.2. The van der Waals surface area contributed by atoms with Gasteiger partial charge in [0, 0.05) is 16.2 Å². The Morgan fingerprint density at radius 1 is 1.39 bits per heavy atom. The van der Waals surface area contributed by atoms with Crippen molar-refractivity contribution in [1.82, 2.24) is 9.97 Å². The third-order valence-corrected chi connectivity index (χ3v) is 4.09. The SMILES string of the molecule is CCCCCC[C@H](OC(N)=O)c1nc(-c2cccc(Br)c2)c[nH]1. The number of carbonyl (C=O) groups excluding carboxylic acids is 1. The number of aromatic nitrogens is 2. The first kappa shape index (κ1) is 17.5. The van der Waals surface area contributed by atoms with Crippen LogP contribution in [0.4, 0.5) is 4.79 Å². The van der Waals surface area contributed by atoms with E-state index >= 15 is 0 Å². The molecule has 1 heterocycles. The van der Waals surface area contributed by atoms with Crippen molar-refractivity contribution in [3.63, 3.8) is 0 Å². The Hall–Kier alpha value is -1.82. The van der Waals surface area contributed by atoms with Gasteiger partial charge in [-0.3, -0.25) is 0 Å². The fourth-order valence-corrected chi connectivity index (χ4v) is 2.84. The van der Waals surface area contributed by atoms with Gasteiger partial charge in [-0.05, 0) is 25.0 Å². The molecule has 2 aromatic rings. The molecule has 0 radical (unpaired) electrons. The third kappa shape index (κ3) is 5.39. The van der Waals surface area contributed by atoms with E-state index in [1.165, 1.54) is 6.42 Å². The number of ether oxygens (including phenoxy) is 1. The molecule has 0 aliphatic rings. The van der Waals surface area contributed by atoms with Crippen molar-refractivity contribution in [3.05, 3.63) is 40.8 Å². The van der Waals surface area contributed by atoms with Gasteiger partial charge in [0.15, 0.2) is 6.10 Å². The van der Waals surface area contributed by atoms with Crippen molar-refractivity contribution in [2.24, 2.45) is 5.73 Å². The maximum absolute atomic E-state index is 11.1. The third-order valence-electron chi connectivity index (χ3n) is 3.60. The summed E-state index contributed by atoms with van der Waals surface area (Å²) in [5, 5.41) is 0. The van der Waals surface area contributed by atoms with Crippen molar-refractivity contribution < 1.29 is 9.53 Å². The fraction of sp³-hybridized carbons (Fsp3) is 0.412. The minimum Gasteiger partial charge on any atom is -0.438 e. The second kappa shape index (κ2) is 8.72. The summed E-state index contributed by atoms with van der Waals surface area (Å²) in [6.45, 7) is 2.16. The molecule has 0 saturated carbocycles. The Bertz CT molecular complexity index is 642.